The van der Waals surface area contributed by atoms with E-state index in [0.717, 1.165) is 29.4 Å². The number of piperidine rings is 1. The van der Waals surface area contributed by atoms with E-state index in [4.69, 9.17) is 0 Å². The molecule has 1 atom stereocenters. The zero-order valence-corrected chi connectivity index (χ0v) is 14.2. The first-order valence-corrected chi connectivity index (χ1v) is 8.85. The van der Waals surface area contributed by atoms with Crippen molar-refractivity contribution in [1.82, 2.24) is 15.1 Å². The molecule has 1 saturated heterocycles. The lowest BCUT2D eigenvalue weighted by Gasteiger charge is -2.21. The number of nitrogens with zero attached hydrogens (tertiary/aromatic N) is 2. The van der Waals surface area contributed by atoms with E-state index in [0.29, 0.717) is 37.4 Å². The Kier molecular flexibility index (Phi) is 3.90. The standard InChI is InChI=1S/C19H21N3O3/c1-22-16-10-12(11-2-5-13(23)6-3-11)4-7-14(16)18(21-22)15-8-9-17(24)20-19(15)25/h4,7,10-11,15H,2-3,5-6,8-9H2,1H3,(H,20,24,25). The highest BCUT2D eigenvalue weighted by atomic mass is 16.2. The molecule has 1 aromatic carbocycles. The fourth-order valence-electron chi connectivity index (χ4n) is 4.04. The number of carbonyl (C=O) groups excluding carboxylic acids is 3. The minimum atomic E-state index is -0.375. The maximum absolute atomic E-state index is 12.2. The maximum Gasteiger partial charge on any atom is 0.235 e. The number of benzene rings is 1. The van der Waals surface area contributed by atoms with Crippen LogP contribution in [-0.2, 0) is 21.4 Å². The molecule has 2 aliphatic rings. The Morgan fingerprint density at radius 1 is 1.08 bits per heavy atom. The molecule has 0 bridgehead atoms. The number of nitrogens with one attached hydrogen (secondary N) is 1. The molecule has 2 heterocycles. The summed E-state index contributed by atoms with van der Waals surface area (Å²) in [6.07, 6.45) is 3.99. The van der Waals surface area contributed by atoms with Crippen molar-refractivity contribution in [3.63, 3.8) is 0 Å². The second kappa shape index (κ2) is 6.10. The van der Waals surface area contributed by atoms with Crippen molar-refractivity contribution in [3.8, 4) is 0 Å². The first-order chi connectivity index (χ1) is 12.0. The van der Waals surface area contributed by atoms with Crippen LogP contribution in [0.25, 0.3) is 10.9 Å². The second-order valence-electron chi connectivity index (χ2n) is 7.10. The number of carbonyl (C=O) groups is 3. The van der Waals surface area contributed by atoms with Crippen molar-refractivity contribution < 1.29 is 14.4 Å². The topological polar surface area (TPSA) is 81.1 Å². The number of aryl methyl sites for hydroxylation is 1. The summed E-state index contributed by atoms with van der Waals surface area (Å²) in [5, 5.41) is 7.95. The number of hydrogen-bond acceptors (Lipinski definition) is 4. The first kappa shape index (κ1) is 16.0. The molecule has 2 fully saturated rings. The van der Waals surface area contributed by atoms with E-state index in [-0.39, 0.29) is 17.7 Å². The number of amides is 2. The zero-order valence-electron chi connectivity index (χ0n) is 14.2. The molecule has 1 aliphatic carbocycles. The van der Waals surface area contributed by atoms with E-state index in [1.807, 2.05) is 17.8 Å². The minimum Gasteiger partial charge on any atom is -0.300 e. The van der Waals surface area contributed by atoms with Gasteiger partial charge < -0.3 is 0 Å². The van der Waals surface area contributed by atoms with Crippen molar-refractivity contribution in [2.75, 3.05) is 0 Å². The quantitative estimate of drug-likeness (QED) is 0.852. The predicted molar refractivity (Wildman–Crippen MR) is 92.1 cm³/mol. The molecule has 6 nitrogen and oxygen atoms in total. The lowest BCUT2D eigenvalue weighted by atomic mass is 9.83. The van der Waals surface area contributed by atoms with Crippen molar-refractivity contribution >= 4 is 28.5 Å². The monoisotopic (exact) mass is 339 g/mol. The average molecular weight is 339 g/mol. The van der Waals surface area contributed by atoms with Gasteiger partial charge in [-0.3, -0.25) is 24.4 Å². The van der Waals surface area contributed by atoms with Crippen LogP contribution in [0.2, 0.25) is 0 Å². The normalized spacial score (nSPS) is 22.4. The van der Waals surface area contributed by atoms with E-state index in [1.165, 1.54) is 5.56 Å². The van der Waals surface area contributed by atoms with Gasteiger partial charge >= 0.3 is 0 Å². The SMILES string of the molecule is Cn1nc(C2CCC(=O)NC2=O)c2ccc(C3CCC(=O)CC3)cc21. The molecule has 1 N–H and O–H groups in total. The minimum absolute atomic E-state index is 0.212. The lowest BCUT2D eigenvalue weighted by Crippen LogP contribution is -2.39. The zero-order chi connectivity index (χ0) is 17.6. The first-order valence-electron chi connectivity index (χ1n) is 8.85. The molecule has 25 heavy (non-hydrogen) atoms. The third kappa shape index (κ3) is 2.86. The fourth-order valence-corrected chi connectivity index (χ4v) is 4.04. The highest BCUT2D eigenvalue weighted by Gasteiger charge is 2.31. The number of fused-ring (bicyclic) bond motifs is 1. The molecule has 6 heteroatoms. The van der Waals surface area contributed by atoms with Crippen LogP contribution in [0.1, 0.15) is 61.6 Å². The lowest BCUT2D eigenvalue weighted by molar-refractivity contribution is -0.134. The Bertz CT molecular complexity index is 873. The molecule has 130 valence electrons. The van der Waals surface area contributed by atoms with E-state index in [9.17, 15) is 14.4 Å². The van der Waals surface area contributed by atoms with E-state index in [1.54, 1.807) is 0 Å². The number of aromatic nitrogens is 2. The second-order valence-corrected chi connectivity index (χ2v) is 7.10. The number of Topliss-reactive ketones (excluding diaryl/α,β-unsaturated/α-hetero) is 1. The summed E-state index contributed by atoms with van der Waals surface area (Å²) in [7, 11) is 1.88. The number of ketones is 1. The van der Waals surface area contributed by atoms with Gasteiger partial charge in [-0.1, -0.05) is 12.1 Å². The van der Waals surface area contributed by atoms with Gasteiger partial charge in [0.25, 0.3) is 0 Å². The molecule has 2 amide bonds. The molecular weight excluding hydrogens is 318 g/mol. The average Bonchev–Trinajstić information content (AvgIpc) is 2.92. The van der Waals surface area contributed by atoms with Crippen LogP contribution in [-0.4, -0.2) is 27.4 Å². The molecule has 0 spiro atoms. The van der Waals surface area contributed by atoms with Crippen LogP contribution < -0.4 is 5.32 Å². The number of rotatable bonds is 2. The molecular formula is C19H21N3O3. The van der Waals surface area contributed by atoms with Crippen LogP contribution in [0.15, 0.2) is 18.2 Å². The van der Waals surface area contributed by atoms with Gasteiger partial charge in [0.1, 0.15) is 5.78 Å². The Morgan fingerprint density at radius 3 is 2.56 bits per heavy atom. The third-order valence-corrected chi connectivity index (χ3v) is 5.49. The summed E-state index contributed by atoms with van der Waals surface area (Å²) >= 11 is 0. The Morgan fingerprint density at radius 2 is 1.84 bits per heavy atom. The van der Waals surface area contributed by atoms with E-state index < -0.39 is 0 Å². The summed E-state index contributed by atoms with van der Waals surface area (Å²) < 4.78 is 1.81. The summed E-state index contributed by atoms with van der Waals surface area (Å²) in [5.74, 6) is -0.0738. The van der Waals surface area contributed by atoms with Crippen molar-refractivity contribution in [2.24, 2.45) is 7.05 Å². The Hall–Kier alpha value is -2.50. The summed E-state index contributed by atoms with van der Waals surface area (Å²) in [4.78, 5) is 35.0. The van der Waals surface area contributed by atoms with Crippen LogP contribution in [0.4, 0.5) is 0 Å². The van der Waals surface area contributed by atoms with E-state index in [2.05, 4.69) is 22.5 Å². The van der Waals surface area contributed by atoms with Gasteiger partial charge in [-0.15, -0.1) is 0 Å². The molecule has 1 aromatic heterocycles. The van der Waals surface area contributed by atoms with Gasteiger partial charge in [-0.25, -0.2) is 0 Å². The van der Waals surface area contributed by atoms with Gasteiger partial charge in [-0.05, 0) is 36.8 Å². The van der Waals surface area contributed by atoms with Gasteiger partial charge in [0, 0.05) is 31.7 Å². The summed E-state index contributed by atoms with van der Waals surface area (Å²) in [6.45, 7) is 0. The Labute approximate surface area is 145 Å². The highest BCUT2D eigenvalue weighted by Crippen LogP contribution is 2.35. The molecule has 1 aliphatic heterocycles. The molecule has 4 rings (SSSR count). The Balaban J connectivity index is 1.68. The van der Waals surface area contributed by atoms with Gasteiger partial charge in [-0.2, -0.15) is 5.10 Å². The number of imide groups is 1. The molecule has 1 unspecified atom stereocenters. The third-order valence-electron chi connectivity index (χ3n) is 5.49. The highest BCUT2D eigenvalue weighted by molar-refractivity contribution is 6.02. The molecule has 0 radical (unpaired) electrons. The summed E-state index contributed by atoms with van der Waals surface area (Å²) in [6, 6.07) is 6.27. The van der Waals surface area contributed by atoms with Crippen molar-refractivity contribution in [1.29, 1.82) is 0 Å². The maximum atomic E-state index is 12.2. The fraction of sp³-hybridized carbons (Fsp3) is 0.474. The van der Waals surface area contributed by atoms with Gasteiger partial charge in [0.15, 0.2) is 0 Å². The van der Waals surface area contributed by atoms with Crippen LogP contribution in [0, 0.1) is 0 Å². The predicted octanol–water partition coefficient (Wildman–Crippen LogP) is 2.32. The number of hydrogen-bond donors (Lipinski definition) is 1. The van der Waals surface area contributed by atoms with E-state index >= 15 is 0 Å². The molecule has 2 aromatic rings. The molecule has 1 saturated carbocycles. The van der Waals surface area contributed by atoms with Crippen LogP contribution >= 0.6 is 0 Å². The van der Waals surface area contributed by atoms with Gasteiger partial charge in [0.05, 0.1) is 17.1 Å². The largest absolute Gasteiger partial charge is 0.300 e. The van der Waals surface area contributed by atoms with Crippen molar-refractivity contribution in [2.45, 2.75) is 50.4 Å². The summed E-state index contributed by atoms with van der Waals surface area (Å²) in [5.41, 5.74) is 2.97. The van der Waals surface area contributed by atoms with Crippen molar-refractivity contribution in [3.05, 3.63) is 29.5 Å². The van der Waals surface area contributed by atoms with Crippen LogP contribution in [0.3, 0.4) is 0 Å². The van der Waals surface area contributed by atoms with Gasteiger partial charge in [0.2, 0.25) is 11.8 Å². The smallest absolute Gasteiger partial charge is 0.235 e. The van der Waals surface area contributed by atoms with Crippen LogP contribution in [0.5, 0.6) is 0 Å².